The van der Waals surface area contributed by atoms with E-state index in [1.165, 1.54) is 0 Å². The highest BCUT2D eigenvalue weighted by Crippen LogP contribution is 2.25. The minimum atomic E-state index is -0.862. The van der Waals surface area contributed by atoms with Crippen molar-refractivity contribution >= 4 is 28.5 Å². The Balaban J connectivity index is 2.02. The first kappa shape index (κ1) is 27.4. The highest BCUT2D eigenvalue weighted by molar-refractivity contribution is 5.97. The SMILES string of the molecule is CCN(CC)c1ccc2cc(C(=O)NCCC(C)(CC)OCCC(C)(C)C(=O)O)c(=O)oc2c1. The summed E-state index contributed by atoms with van der Waals surface area (Å²) in [5.74, 6) is -1.35. The van der Waals surface area contributed by atoms with Gasteiger partial charge >= 0.3 is 11.6 Å². The molecule has 1 unspecified atom stereocenters. The van der Waals surface area contributed by atoms with Crippen LogP contribution in [0.2, 0.25) is 0 Å². The standard InChI is InChI=1S/C26H38N2O6/c1-7-26(6,33-15-13-25(4,5)24(31)32)12-14-27-22(29)20-16-18-10-11-19(28(8-2)9-3)17-21(18)34-23(20)30/h10-11,16-17H,7-9,12-15H2,1-6H3,(H,27,29)(H,31,32). The molecule has 0 fully saturated rings. The summed E-state index contributed by atoms with van der Waals surface area (Å²) in [7, 11) is 0. The number of fused-ring (bicyclic) bond motifs is 1. The Bertz CT molecular complexity index is 1060. The third-order valence-corrected chi connectivity index (χ3v) is 6.54. The predicted octanol–water partition coefficient (Wildman–Crippen LogP) is 4.45. The van der Waals surface area contributed by atoms with Crippen molar-refractivity contribution in [2.45, 2.75) is 66.4 Å². The maximum atomic E-state index is 12.7. The first-order valence-electron chi connectivity index (χ1n) is 11.9. The van der Waals surface area contributed by atoms with Crippen LogP contribution < -0.4 is 15.8 Å². The first-order chi connectivity index (χ1) is 16.0. The molecule has 0 bridgehead atoms. The third-order valence-electron chi connectivity index (χ3n) is 6.54. The van der Waals surface area contributed by atoms with Crippen LogP contribution in [-0.2, 0) is 9.53 Å². The van der Waals surface area contributed by atoms with Gasteiger partial charge in [0.15, 0.2) is 0 Å². The molecule has 0 radical (unpaired) electrons. The zero-order valence-corrected chi connectivity index (χ0v) is 21.2. The number of carboxylic acids is 1. The summed E-state index contributed by atoms with van der Waals surface area (Å²) >= 11 is 0. The van der Waals surface area contributed by atoms with Crippen LogP contribution in [0.25, 0.3) is 11.0 Å². The quantitative estimate of drug-likeness (QED) is 0.413. The van der Waals surface area contributed by atoms with Gasteiger partial charge in [0.25, 0.3) is 5.91 Å². The molecule has 188 valence electrons. The summed E-state index contributed by atoms with van der Waals surface area (Å²) in [5.41, 5.74) is -0.682. The van der Waals surface area contributed by atoms with Gasteiger partial charge in [-0.25, -0.2) is 4.79 Å². The Labute approximate surface area is 201 Å². The average molecular weight is 475 g/mol. The Kier molecular flexibility index (Phi) is 9.27. The van der Waals surface area contributed by atoms with E-state index in [-0.39, 0.29) is 5.56 Å². The number of carboxylic acid groups (broad SMARTS) is 1. The fraction of sp³-hybridized carbons (Fsp3) is 0.577. The van der Waals surface area contributed by atoms with Crippen molar-refractivity contribution in [2.24, 2.45) is 5.41 Å². The van der Waals surface area contributed by atoms with E-state index in [1.807, 2.05) is 32.0 Å². The second-order valence-electron chi connectivity index (χ2n) is 9.44. The monoisotopic (exact) mass is 474 g/mol. The fourth-order valence-electron chi connectivity index (χ4n) is 3.59. The van der Waals surface area contributed by atoms with Crippen LogP contribution in [-0.4, -0.2) is 48.8 Å². The number of carbonyl (C=O) groups is 2. The molecule has 1 aromatic carbocycles. The fourth-order valence-corrected chi connectivity index (χ4v) is 3.59. The number of anilines is 1. The summed E-state index contributed by atoms with van der Waals surface area (Å²) in [6.45, 7) is 13.7. The number of benzene rings is 1. The maximum Gasteiger partial charge on any atom is 0.349 e. The van der Waals surface area contributed by atoms with Crippen LogP contribution in [0.1, 0.15) is 71.2 Å². The second kappa shape index (κ2) is 11.5. The topological polar surface area (TPSA) is 109 Å². The van der Waals surface area contributed by atoms with E-state index in [9.17, 15) is 19.5 Å². The number of hydrogen-bond acceptors (Lipinski definition) is 6. The Morgan fingerprint density at radius 1 is 1.09 bits per heavy atom. The van der Waals surface area contributed by atoms with Crippen LogP contribution in [0.3, 0.4) is 0 Å². The van der Waals surface area contributed by atoms with Gasteiger partial charge in [-0.2, -0.15) is 0 Å². The Morgan fingerprint density at radius 2 is 1.76 bits per heavy atom. The van der Waals surface area contributed by atoms with E-state index in [0.717, 1.165) is 18.8 Å². The number of hydrogen-bond donors (Lipinski definition) is 2. The molecule has 1 amide bonds. The number of ether oxygens (including phenoxy) is 1. The molecule has 2 rings (SSSR count). The van der Waals surface area contributed by atoms with Crippen molar-refractivity contribution in [3.8, 4) is 0 Å². The van der Waals surface area contributed by atoms with Gasteiger partial charge in [-0.05, 0) is 72.1 Å². The van der Waals surface area contributed by atoms with Gasteiger partial charge in [0.2, 0.25) is 0 Å². The third kappa shape index (κ3) is 6.82. The van der Waals surface area contributed by atoms with Crippen LogP contribution in [0, 0.1) is 5.41 Å². The van der Waals surface area contributed by atoms with E-state index in [2.05, 4.69) is 24.1 Å². The first-order valence-corrected chi connectivity index (χ1v) is 11.9. The summed E-state index contributed by atoms with van der Waals surface area (Å²) in [6, 6.07) is 7.18. The minimum Gasteiger partial charge on any atom is -0.481 e. The zero-order valence-electron chi connectivity index (χ0n) is 21.2. The van der Waals surface area contributed by atoms with E-state index in [0.29, 0.717) is 43.4 Å². The summed E-state index contributed by atoms with van der Waals surface area (Å²) < 4.78 is 11.4. The molecule has 1 aromatic heterocycles. The van der Waals surface area contributed by atoms with Gasteiger partial charge in [0.1, 0.15) is 11.1 Å². The molecular weight excluding hydrogens is 436 g/mol. The second-order valence-corrected chi connectivity index (χ2v) is 9.44. The van der Waals surface area contributed by atoms with E-state index in [4.69, 9.17) is 9.15 Å². The van der Waals surface area contributed by atoms with Gasteiger partial charge in [0, 0.05) is 43.4 Å². The smallest absolute Gasteiger partial charge is 0.349 e. The summed E-state index contributed by atoms with van der Waals surface area (Å²) in [6.07, 6.45) is 1.61. The number of nitrogens with one attached hydrogen (secondary N) is 1. The lowest BCUT2D eigenvalue weighted by Crippen LogP contribution is -2.37. The van der Waals surface area contributed by atoms with Crippen molar-refractivity contribution in [3.05, 3.63) is 40.2 Å². The lowest BCUT2D eigenvalue weighted by molar-refractivity contribution is -0.149. The molecule has 8 heteroatoms. The van der Waals surface area contributed by atoms with E-state index in [1.54, 1.807) is 19.9 Å². The molecule has 1 atom stereocenters. The number of carbonyl (C=O) groups excluding carboxylic acids is 1. The molecule has 0 saturated heterocycles. The Hall–Kier alpha value is -2.87. The highest BCUT2D eigenvalue weighted by atomic mass is 16.5. The summed E-state index contributed by atoms with van der Waals surface area (Å²) in [5, 5.41) is 12.7. The lowest BCUT2D eigenvalue weighted by Gasteiger charge is -2.30. The minimum absolute atomic E-state index is 0.0367. The van der Waals surface area contributed by atoms with Crippen molar-refractivity contribution in [2.75, 3.05) is 31.1 Å². The average Bonchev–Trinajstić information content (AvgIpc) is 2.79. The predicted molar refractivity (Wildman–Crippen MR) is 134 cm³/mol. The molecule has 0 aliphatic rings. The lowest BCUT2D eigenvalue weighted by atomic mass is 9.90. The van der Waals surface area contributed by atoms with Gasteiger partial charge in [-0.15, -0.1) is 0 Å². The normalized spacial score (nSPS) is 13.5. The molecule has 8 nitrogen and oxygen atoms in total. The Morgan fingerprint density at radius 3 is 2.35 bits per heavy atom. The van der Waals surface area contributed by atoms with Gasteiger partial charge in [-0.1, -0.05) is 6.92 Å². The number of aliphatic carboxylic acids is 1. The largest absolute Gasteiger partial charge is 0.481 e. The molecule has 0 spiro atoms. The molecule has 0 aliphatic heterocycles. The molecule has 2 aromatic rings. The maximum absolute atomic E-state index is 12.7. The van der Waals surface area contributed by atoms with Gasteiger partial charge in [0.05, 0.1) is 11.0 Å². The van der Waals surface area contributed by atoms with Gasteiger partial charge in [-0.3, -0.25) is 9.59 Å². The zero-order chi connectivity index (χ0) is 25.5. The van der Waals surface area contributed by atoms with Crippen LogP contribution in [0.4, 0.5) is 5.69 Å². The molecular formula is C26H38N2O6. The van der Waals surface area contributed by atoms with Crippen LogP contribution in [0.5, 0.6) is 0 Å². The molecule has 1 heterocycles. The number of rotatable bonds is 13. The van der Waals surface area contributed by atoms with Crippen LogP contribution >= 0.6 is 0 Å². The molecule has 0 saturated carbocycles. The summed E-state index contributed by atoms with van der Waals surface area (Å²) in [4.78, 5) is 38.6. The van der Waals surface area contributed by atoms with Crippen molar-refractivity contribution in [1.82, 2.24) is 5.32 Å². The van der Waals surface area contributed by atoms with Crippen molar-refractivity contribution < 1.29 is 23.8 Å². The van der Waals surface area contributed by atoms with Gasteiger partial charge < -0.3 is 24.5 Å². The molecule has 34 heavy (non-hydrogen) atoms. The van der Waals surface area contributed by atoms with E-state index >= 15 is 0 Å². The van der Waals surface area contributed by atoms with E-state index < -0.39 is 28.5 Å². The molecule has 2 N–H and O–H groups in total. The number of amides is 1. The molecule has 0 aliphatic carbocycles. The van der Waals surface area contributed by atoms with Crippen molar-refractivity contribution in [3.63, 3.8) is 0 Å². The highest BCUT2D eigenvalue weighted by Gasteiger charge is 2.29. The number of nitrogens with zero attached hydrogens (tertiary/aromatic N) is 1. The van der Waals surface area contributed by atoms with Crippen LogP contribution in [0.15, 0.2) is 33.5 Å². The van der Waals surface area contributed by atoms with Crippen molar-refractivity contribution in [1.29, 1.82) is 0 Å².